The average molecular weight is 281 g/mol. The maximum atomic E-state index is 12.2. The van der Waals surface area contributed by atoms with Crippen molar-refractivity contribution < 1.29 is 14.3 Å². The molecule has 1 aromatic heterocycles. The molecule has 21 heavy (non-hydrogen) atoms. The second-order valence-electron chi connectivity index (χ2n) is 5.13. The Morgan fingerprint density at radius 3 is 2.57 bits per heavy atom. The van der Waals surface area contributed by atoms with Crippen LogP contribution < -0.4 is 5.32 Å². The Labute approximate surface area is 122 Å². The number of hydrogen-bond donors (Lipinski definition) is 2. The van der Waals surface area contributed by atoms with Gasteiger partial charge in [0.05, 0.1) is 5.69 Å². The molecule has 4 nitrogen and oxygen atoms in total. The van der Waals surface area contributed by atoms with Gasteiger partial charge in [0, 0.05) is 5.39 Å². The number of benzene rings is 2. The number of amides is 1. The van der Waals surface area contributed by atoms with Crippen molar-refractivity contribution in [2.24, 2.45) is 0 Å². The number of anilines is 1. The first-order valence-corrected chi connectivity index (χ1v) is 6.64. The summed E-state index contributed by atoms with van der Waals surface area (Å²) in [4.78, 5) is 12.2. The van der Waals surface area contributed by atoms with Gasteiger partial charge in [-0.2, -0.15) is 0 Å². The van der Waals surface area contributed by atoms with E-state index < -0.39 is 0 Å². The maximum Gasteiger partial charge on any atom is 0.291 e. The summed E-state index contributed by atoms with van der Waals surface area (Å²) in [5, 5.41) is 13.3. The molecule has 0 aliphatic rings. The number of hydrogen-bond acceptors (Lipinski definition) is 3. The van der Waals surface area contributed by atoms with Gasteiger partial charge in [0.15, 0.2) is 5.76 Å². The molecule has 1 heterocycles. The maximum absolute atomic E-state index is 12.2. The van der Waals surface area contributed by atoms with Gasteiger partial charge in [0.1, 0.15) is 11.3 Å². The van der Waals surface area contributed by atoms with Crippen LogP contribution in [0.25, 0.3) is 11.0 Å². The fourth-order valence-corrected chi connectivity index (χ4v) is 2.18. The van der Waals surface area contributed by atoms with Crippen LogP contribution in [0.5, 0.6) is 5.75 Å². The zero-order valence-corrected chi connectivity index (χ0v) is 11.8. The monoisotopic (exact) mass is 281 g/mol. The summed E-state index contributed by atoms with van der Waals surface area (Å²) < 4.78 is 5.56. The number of aryl methyl sites for hydroxylation is 2. The minimum absolute atomic E-state index is 0.0286. The highest BCUT2D eigenvalue weighted by atomic mass is 16.3. The van der Waals surface area contributed by atoms with Gasteiger partial charge in [0.2, 0.25) is 0 Å². The molecule has 0 unspecified atom stereocenters. The predicted octanol–water partition coefficient (Wildman–Crippen LogP) is 4.01. The third kappa shape index (κ3) is 2.60. The molecule has 0 spiro atoms. The quantitative estimate of drug-likeness (QED) is 0.698. The second kappa shape index (κ2) is 4.98. The lowest BCUT2D eigenvalue weighted by atomic mass is 10.2. The summed E-state index contributed by atoms with van der Waals surface area (Å²) >= 11 is 0. The predicted molar refractivity (Wildman–Crippen MR) is 81.7 cm³/mol. The minimum Gasteiger partial charge on any atom is -0.506 e. The van der Waals surface area contributed by atoms with Crippen molar-refractivity contribution in [1.29, 1.82) is 0 Å². The highest BCUT2D eigenvalue weighted by molar-refractivity contribution is 6.05. The molecule has 0 aliphatic carbocycles. The van der Waals surface area contributed by atoms with Crippen molar-refractivity contribution in [2.45, 2.75) is 13.8 Å². The van der Waals surface area contributed by atoms with E-state index in [0.29, 0.717) is 11.3 Å². The summed E-state index contributed by atoms with van der Waals surface area (Å²) in [6, 6.07) is 12.5. The fraction of sp³-hybridized carbons (Fsp3) is 0.118. The SMILES string of the molecule is Cc1ccc(O)c(NC(=O)c2cc3ccc(C)cc3o2)c1. The number of furan rings is 1. The lowest BCUT2D eigenvalue weighted by molar-refractivity contribution is 0.0998. The van der Waals surface area contributed by atoms with Crippen LogP contribution in [0.1, 0.15) is 21.7 Å². The molecule has 0 radical (unpaired) electrons. The molecule has 0 bridgehead atoms. The van der Waals surface area contributed by atoms with Crippen molar-refractivity contribution in [1.82, 2.24) is 0 Å². The van der Waals surface area contributed by atoms with E-state index in [-0.39, 0.29) is 17.4 Å². The Hall–Kier alpha value is -2.75. The third-order valence-electron chi connectivity index (χ3n) is 3.30. The van der Waals surface area contributed by atoms with Crippen molar-refractivity contribution in [2.75, 3.05) is 5.32 Å². The Kier molecular flexibility index (Phi) is 3.14. The van der Waals surface area contributed by atoms with Crippen LogP contribution in [-0.2, 0) is 0 Å². The number of carbonyl (C=O) groups excluding carboxylic acids is 1. The van der Waals surface area contributed by atoms with Crippen LogP contribution in [0.2, 0.25) is 0 Å². The van der Waals surface area contributed by atoms with E-state index in [4.69, 9.17) is 4.42 Å². The van der Waals surface area contributed by atoms with Crippen molar-refractivity contribution in [3.05, 3.63) is 59.4 Å². The Bertz CT molecular complexity index is 833. The van der Waals surface area contributed by atoms with Crippen LogP contribution in [0.15, 0.2) is 46.9 Å². The van der Waals surface area contributed by atoms with Gasteiger partial charge in [-0.05, 0) is 49.2 Å². The number of aromatic hydroxyl groups is 1. The molecule has 4 heteroatoms. The van der Waals surface area contributed by atoms with Crippen LogP contribution in [-0.4, -0.2) is 11.0 Å². The molecule has 0 atom stereocenters. The average Bonchev–Trinajstić information content (AvgIpc) is 2.86. The molecular formula is C17H15NO3. The van der Waals surface area contributed by atoms with E-state index in [1.165, 1.54) is 0 Å². The lowest BCUT2D eigenvalue weighted by Crippen LogP contribution is -2.11. The fourth-order valence-electron chi connectivity index (χ4n) is 2.18. The molecule has 0 aliphatic heterocycles. The van der Waals surface area contributed by atoms with E-state index in [1.807, 2.05) is 32.0 Å². The lowest BCUT2D eigenvalue weighted by Gasteiger charge is -2.06. The van der Waals surface area contributed by atoms with Crippen molar-refractivity contribution >= 4 is 22.6 Å². The number of phenolic OH excluding ortho intramolecular Hbond substituents is 1. The summed E-state index contributed by atoms with van der Waals surface area (Å²) in [5.74, 6) is -0.137. The molecule has 1 amide bonds. The molecule has 2 N–H and O–H groups in total. The molecular weight excluding hydrogens is 266 g/mol. The molecule has 0 saturated heterocycles. The molecule has 2 aromatic carbocycles. The van der Waals surface area contributed by atoms with Gasteiger partial charge in [0.25, 0.3) is 5.91 Å². The van der Waals surface area contributed by atoms with E-state index in [9.17, 15) is 9.90 Å². The van der Waals surface area contributed by atoms with Crippen LogP contribution in [0.3, 0.4) is 0 Å². The van der Waals surface area contributed by atoms with E-state index in [0.717, 1.165) is 16.5 Å². The van der Waals surface area contributed by atoms with Gasteiger partial charge < -0.3 is 14.8 Å². The first kappa shape index (κ1) is 13.2. The zero-order chi connectivity index (χ0) is 15.0. The van der Waals surface area contributed by atoms with Crippen LogP contribution >= 0.6 is 0 Å². The minimum atomic E-state index is -0.384. The topological polar surface area (TPSA) is 62.5 Å². The van der Waals surface area contributed by atoms with Crippen molar-refractivity contribution in [3.63, 3.8) is 0 Å². The molecule has 106 valence electrons. The largest absolute Gasteiger partial charge is 0.506 e. The Balaban J connectivity index is 1.91. The summed E-state index contributed by atoms with van der Waals surface area (Å²) in [7, 11) is 0. The zero-order valence-electron chi connectivity index (χ0n) is 11.8. The summed E-state index contributed by atoms with van der Waals surface area (Å²) in [6.45, 7) is 3.85. The Morgan fingerprint density at radius 1 is 1.05 bits per heavy atom. The van der Waals surface area contributed by atoms with Gasteiger partial charge in [-0.1, -0.05) is 18.2 Å². The highest BCUT2D eigenvalue weighted by Gasteiger charge is 2.14. The normalized spacial score (nSPS) is 10.8. The number of fused-ring (bicyclic) bond motifs is 1. The summed E-state index contributed by atoms with van der Waals surface area (Å²) in [6.07, 6.45) is 0. The summed E-state index contributed by atoms with van der Waals surface area (Å²) in [5.41, 5.74) is 3.06. The molecule has 0 saturated carbocycles. The van der Waals surface area contributed by atoms with Gasteiger partial charge >= 0.3 is 0 Å². The third-order valence-corrected chi connectivity index (χ3v) is 3.30. The number of carbonyl (C=O) groups is 1. The van der Waals surface area contributed by atoms with E-state index >= 15 is 0 Å². The van der Waals surface area contributed by atoms with E-state index in [1.54, 1.807) is 24.3 Å². The standard InChI is InChI=1S/C17H15NO3/c1-10-4-6-14(19)13(7-10)18-17(20)16-9-12-5-3-11(2)8-15(12)21-16/h3-9,19H,1-2H3,(H,18,20). The molecule has 0 fully saturated rings. The second-order valence-corrected chi connectivity index (χ2v) is 5.13. The Morgan fingerprint density at radius 2 is 1.76 bits per heavy atom. The smallest absolute Gasteiger partial charge is 0.291 e. The van der Waals surface area contributed by atoms with Gasteiger partial charge in [-0.15, -0.1) is 0 Å². The van der Waals surface area contributed by atoms with Crippen LogP contribution in [0.4, 0.5) is 5.69 Å². The number of rotatable bonds is 2. The van der Waals surface area contributed by atoms with Crippen LogP contribution in [0, 0.1) is 13.8 Å². The molecule has 3 rings (SSSR count). The first-order chi connectivity index (χ1) is 10.0. The van der Waals surface area contributed by atoms with Gasteiger partial charge in [-0.3, -0.25) is 4.79 Å². The number of nitrogens with one attached hydrogen (secondary N) is 1. The first-order valence-electron chi connectivity index (χ1n) is 6.64. The number of phenols is 1. The molecule has 3 aromatic rings. The van der Waals surface area contributed by atoms with E-state index in [2.05, 4.69) is 5.32 Å². The highest BCUT2D eigenvalue weighted by Crippen LogP contribution is 2.26. The van der Waals surface area contributed by atoms with Crippen molar-refractivity contribution in [3.8, 4) is 5.75 Å². The van der Waals surface area contributed by atoms with Gasteiger partial charge in [-0.25, -0.2) is 0 Å².